The summed E-state index contributed by atoms with van der Waals surface area (Å²) < 4.78 is 34.8. The van der Waals surface area contributed by atoms with Gasteiger partial charge in [0.2, 0.25) is 5.88 Å². The Morgan fingerprint density at radius 1 is 1.36 bits per heavy atom. The van der Waals surface area contributed by atoms with Crippen LogP contribution >= 0.6 is 15.9 Å². The van der Waals surface area contributed by atoms with Gasteiger partial charge in [-0.2, -0.15) is 0 Å². The number of alkyl halides is 2. The first-order chi connectivity index (χ1) is 6.60. The van der Waals surface area contributed by atoms with E-state index < -0.39 is 6.43 Å². The molecule has 14 heavy (non-hydrogen) atoms. The van der Waals surface area contributed by atoms with Crippen LogP contribution in [-0.2, 0) is 0 Å². The number of halogens is 3. The molecule has 1 rings (SSSR count). The minimum Gasteiger partial charge on any atom is -0.494 e. The zero-order valence-corrected chi connectivity index (χ0v) is 9.14. The van der Waals surface area contributed by atoms with Crippen LogP contribution in [0.3, 0.4) is 0 Å². The number of aromatic nitrogens is 1. The Hall–Kier alpha value is -0.910. The van der Waals surface area contributed by atoms with E-state index in [9.17, 15) is 8.78 Å². The molecule has 0 saturated heterocycles. The summed E-state index contributed by atoms with van der Waals surface area (Å²) >= 11 is 3.07. The lowest BCUT2D eigenvalue weighted by Gasteiger charge is -2.09. The zero-order chi connectivity index (χ0) is 10.7. The highest BCUT2D eigenvalue weighted by molar-refractivity contribution is 9.10. The van der Waals surface area contributed by atoms with Crippen LogP contribution in [0, 0.1) is 0 Å². The third-order valence-corrected chi connectivity index (χ3v) is 2.15. The van der Waals surface area contributed by atoms with Gasteiger partial charge in [0.25, 0.3) is 6.43 Å². The molecule has 1 heterocycles. The van der Waals surface area contributed by atoms with Gasteiger partial charge in [-0.05, 0) is 22.0 Å². The van der Waals surface area contributed by atoms with Gasteiger partial charge in [0, 0.05) is 0 Å². The van der Waals surface area contributed by atoms with Gasteiger partial charge in [-0.25, -0.2) is 13.8 Å². The molecule has 0 saturated carbocycles. The Bertz CT molecular complexity index is 333. The molecule has 0 aliphatic rings. The highest BCUT2D eigenvalue weighted by atomic mass is 79.9. The van der Waals surface area contributed by atoms with E-state index in [-0.39, 0.29) is 17.2 Å². The molecule has 78 valence electrons. The van der Waals surface area contributed by atoms with Crippen LogP contribution in [0.2, 0.25) is 0 Å². The molecule has 0 spiro atoms. The van der Waals surface area contributed by atoms with Crippen molar-refractivity contribution >= 4 is 15.9 Å². The summed E-state index contributed by atoms with van der Waals surface area (Å²) in [6.07, 6.45) is -2.64. The Balaban J connectivity index is 3.25. The van der Waals surface area contributed by atoms with E-state index in [2.05, 4.69) is 20.9 Å². The predicted molar refractivity (Wildman–Crippen MR) is 50.0 cm³/mol. The summed E-state index contributed by atoms with van der Waals surface area (Å²) in [6, 6.07) is 1.20. The number of methoxy groups -OCH3 is 2. The first-order valence-electron chi connectivity index (χ1n) is 3.66. The monoisotopic (exact) mass is 267 g/mol. The number of ether oxygens (including phenoxy) is 2. The molecule has 0 bridgehead atoms. The van der Waals surface area contributed by atoms with Crippen LogP contribution in [0.4, 0.5) is 8.78 Å². The SMILES string of the molecule is COc1cc(C(F)F)c(OC)nc1Br. The van der Waals surface area contributed by atoms with E-state index in [1.807, 2.05) is 0 Å². The normalized spacial score (nSPS) is 10.4. The molecule has 0 N–H and O–H groups in total. The summed E-state index contributed by atoms with van der Waals surface area (Å²) in [6.45, 7) is 0. The van der Waals surface area contributed by atoms with Gasteiger partial charge in [0.05, 0.1) is 19.8 Å². The second-order valence-corrected chi connectivity index (χ2v) is 3.13. The molecular formula is C8H8BrF2NO2. The third-order valence-electron chi connectivity index (χ3n) is 1.58. The molecule has 3 nitrogen and oxygen atoms in total. The molecule has 1 aromatic rings. The summed E-state index contributed by atoms with van der Waals surface area (Å²) in [5.74, 6) is 0.147. The minimum atomic E-state index is -2.64. The number of hydrogen-bond donors (Lipinski definition) is 0. The van der Waals surface area contributed by atoms with Crippen molar-refractivity contribution in [2.75, 3.05) is 14.2 Å². The first-order valence-corrected chi connectivity index (χ1v) is 4.46. The van der Waals surface area contributed by atoms with Crippen molar-refractivity contribution < 1.29 is 18.3 Å². The summed E-state index contributed by atoms with van der Waals surface area (Å²) in [5, 5.41) is 0. The average Bonchev–Trinajstić information content (AvgIpc) is 2.16. The van der Waals surface area contributed by atoms with Crippen molar-refractivity contribution in [3.05, 3.63) is 16.2 Å². The Kier molecular flexibility index (Phi) is 3.62. The summed E-state index contributed by atoms with van der Waals surface area (Å²) in [4.78, 5) is 3.77. The van der Waals surface area contributed by atoms with E-state index in [1.165, 1.54) is 20.3 Å². The van der Waals surface area contributed by atoms with Gasteiger partial charge in [-0.1, -0.05) is 0 Å². The Morgan fingerprint density at radius 2 is 2.00 bits per heavy atom. The molecule has 0 amide bonds. The van der Waals surface area contributed by atoms with Crippen LogP contribution in [-0.4, -0.2) is 19.2 Å². The molecule has 0 aliphatic heterocycles. The molecule has 6 heteroatoms. The predicted octanol–water partition coefficient (Wildman–Crippen LogP) is 2.80. The van der Waals surface area contributed by atoms with Crippen LogP contribution in [0.5, 0.6) is 11.6 Å². The number of hydrogen-bond acceptors (Lipinski definition) is 3. The van der Waals surface area contributed by atoms with Crippen molar-refractivity contribution in [3.63, 3.8) is 0 Å². The van der Waals surface area contributed by atoms with E-state index in [1.54, 1.807) is 0 Å². The zero-order valence-electron chi connectivity index (χ0n) is 7.55. The van der Waals surface area contributed by atoms with Crippen molar-refractivity contribution in [2.24, 2.45) is 0 Å². The maximum absolute atomic E-state index is 12.5. The molecule has 0 aliphatic carbocycles. The summed E-state index contributed by atoms with van der Waals surface area (Å²) in [7, 11) is 2.66. The van der Waals surface area contributed by atoms with Gasteiger partial charge in [-0.3, -0.25) is 0 Å². The molecule has 0 atom stereocenters. The maximum Gasteiger partial charge on any atom is 0.269 e. The third kappa shape index (κ3) is 2.12. The molecule has 0 fully saturated rings. The van der Waals surface area contributed by atoms with E-state index in [0.717, 1.165) is 0 Å². The molecule has 1 aromatic heterocycles. The maximum atomic E-state index is 12.5. The number of rotatable bonds is 3. The Labute approximate surface area is 88.2 Å². The lowest BCUT2D eigenvalue weighted by Crippen LogP contribution is -1.98. The van der Waals surface area contributed by atoms with Crippen LogP contribution in [0.1, 0.15) is 12.0 Å². The largest absolute Gasteiger partial charge is 0.494 e. The Morgan fingerprint density at radius 3 is 2.43 bits per heavy atom. The quantitative estimate of drug-likeness (QED) is 0.790. The smallest absolute Gasteiger partial charge is 0.269 e. The van der Waals surface area contributed by atoms with Gasteiger partial charge in [-0.15, -0.1) is 0 Å². The summed E-state index contributed by atoms with van der Waals surface area (Å²) in [5.41, 5.74) is -0.285. The lowest BCUT2D eigenvalue weighted by molar-refractivity contribution is 0.145. The number of pyridine rings is 1. The van der Waals surface area contributed by atoms with Crippen LogP contribution in [0.15, 0.2) is 10.7 Å². The fraction of sp³-hybridized carbons (Fsp3) is 0.375. The number of nitrogens with zero attached hydrogens (tertiary/aromatic N) is 1. The van der Waals surface area contributed by atoms with Crippen molar-refractivity contribution in [2.45, 2.75) is 6.43 Å². The van der Waals surface area contributed by atoms with Crippen LogP contribution in [0.25, 0.3) is 0 Å². The van der Waals surface area contributed by atoms with E-state index in [0.29, 0.717) is 4.60 Å². The second-order valence-electron chi connectivity index (χ2n) is 2.38. The van der Waals surface area contributed by atoms with E-state index in [4.69, 9.17) is 9.47 Å². The first kappa shape index (κ1) is 11.2. The standard InChI is InChI=1S/C8H8BrF2NO2/c1-13-5-3-4(7(10)11)8(14-2)12-6(5)9/h3,7H,1-2H3. The minimum absolute atomic E-state index is 0.104. The van der Waals surface area contributed by atoms with Crippen molar-refractivity contribution in [1.29, 1.82) is 0 Å². The highest BCUT2D eigenvalue weighted by Gasteiger charge is 2.18. The van der Waals surface area contributed by atoms with E-state index >= 15 is 0 Å². The fourth-order valence-electron chi connectivity index (χ4n) is 0.934. The average molecular weight is 268 g/mol. The lowest BCUT2D eigenvalue weighted by atomic mass is 10.2. The van der Waals surface area contributed by atoms with Gasteiger partial charge in [0.15, 0.2) is 10.4 Å². The van der Waals surface area contributed by atoms with Crippen LogP contribution < -0.4 is 9.47 Å². The molecule has 0 aromatic carbocycles. The molecular weight excluding hydrogens is 260 g/mol. The van der Waals surface area contributed by atoms with Crippen molar-refractivity contribution in [3.8, 4) is 11.6 Å². The van der Waals surface area contributed by atoms with Gasteiger partial charge < -0.3 is 9.47 Å². The second kappa shape index (κ2) is 4.54. The highest BCUT2D eigenvalue weighted by Crippen LogP contribution is 2.34. The topological polar surface area (TPSA) is 31.4 Å². The fourth-order valence-corrected chi connectivity index (χ4v) is 1.37. The van der Waals surface area contributed by atoms with Gasteiger partial charge >= 0.3 is 0 Å². The van der Waals surface area contributed by atoms with Gasteiger partial charge in [0.1, 0.15) is 0 Å². The van der Waals surface area contributed by atoms with Crippen molar-refractivity contribution in [1.82, 2.24) is 4.98 Å². The molecule has 0 unspecified atom stereocenters. The molecule has 0 radical (unpaired) electrons.